The number of likely N-dealkylation sites (tertiary alicyclic amines) is 1. The summed E-state index contributed by atoms with van der Waals surface area (Å²) in [7, 11) is 2.91. The minimum absolute atomic E-state index is 0.00979. The van der Waals surface area contributed by atoms with Gasteiger partial charge < -0.3 is 24.8 Å². The second kappa shape index (κ2) is 7.71. The molecule has 1 saturated heterocycles. The summed E-state index contributed by atoms with van der Waals surface area (Å²) in [6.45, 7) is -1.20. The number of methoxy groups -OCH3 is 2. The molecule has 2 N–H and O–H groups in total. The molecule has 1 aromatic carbocycles. The van der Waals surface area contributed by atoms with Crippen LogP contribution >= 0.6 is 0 Å². The van der Waals surface area contributed by atoms with Crippen LogP contribution in [0.1, 0.15) is 5.56 Å². The molecule has 0 radical (unpaired) electrons. The number of carboxylic acid groups (broad SMARTS) is 1. The van der Waals surface area contributed by atoms with E-state index in [0.717, 1.165) is 4.90 Å². The normalized spacial score (nSPS) is 20.0. The third-order valence-corrected chi connectivity index (χ3v) is 4.26. The lowest BCUT2D eigenvalue weighted by atomic mass is 9.96. The van der Waals surface area contributed by atoms with E-state index in [1.165, 1.54) is 14.2 Å². The average Bonchev–Trinajstić information content (AvgIpc) is 3.05. The van der Waals surface area contributed by atoms with E-state index in [4.69, 9.17) is 14.6 Å². The number of hydrogen-bond donors (Lipinski definition) is 2. The first-order valence-corrected chi connectivity index (χ1v) is 7.70. The number of ether oxygens (including phenoxy) is 2. The molecule has 144 valence electrons. The number of urea groups is 1. The zero-order chi connectivity index (χ0) is 19.5. The van der Waals surface area contributed by atoms with E-state index in [-0.39, 0.29) is 6.54 Å². The maximum atomic E-state index is 13.0. The smallest absolute Gasteiger partial charge is 0.394 e. The van der Waals surface area contributed by atoms with Crippen molar-refractivity contribution in [1.29, 1.82) is 0 Å². The zero-order valence-electron chi connectivity index (χ0n) is 14.2. The molecular formula is C16H19F3N2O5. The van der Waals surface area contributed by atoms with Crippen molar-refractivity contribution in [3.05, 3.63) is 23.8 Å². The Morgan fingerprint density at radius 2 is 1.96 bits per heavy atom. The van der Waals surface area contributed by atoms with Crippen LogP contribution in [0.4, 0.5) is 18.0 Å². The minimum Gasteiger partial charge on any atom is -0.497 e. The van der Waals surface area contributed by atoms with Gasteiger partial charge in [-0.05, 0) is 18.2 Å². The maximum Gasteiger partial charge on any atom is 0.394 e. The number of hydrogen-bond acceptors (Lipinski definition) is 4. The largest absolute Gasteiger partial charge is 0.497 e. The summed E-state index contributed by atoms with van der Waals surface area (Å²) in [5.41, 5.74) is 0.571. The standard InChI is InChI=1S/C16H19F3N2O5/c1-25-10-3-4-13(26-2)9(5-10)6-20-15(24)21-7-11(14(22)23)12(8-21)16(17,18)19/h3-5,11-12H,6-8H2,1-2H3,(H,20,24)(H,22,23)/t11-,12-/m1/s1. The van der Waals surface area contributed by atoms with Crippen molar-refractivity contribution < 1.29 is 37.3 Å². The fourth-order valence-electron chi connectivity index (χ4n) is 2.85. The molecule has 7 nitrogen and oxygen atoms in total. The third kappa shape index (κ3) is 4.30. The molecule has 0 aliphatic carbocycles. The van der Waals surface area contributed by atoms with Crippen molar-refractivity contribution in [3.8, 4) is 11.5 Å². The van der Waals surface area contributed by atoms with E-state index in [1.807, 2.05) is 0 Å². The molecule has 26 heavy (non-hydrogen) atoms. The van der Waals surface area contributed by atoms with Crippen molar-refractivity contribution in [2.75, 3.05) is 27.3 Å². The Kier molecular flexibility index (Phi) is 5.83. The fourth-order valence-corrected chi connectivity index (χ4v) is 2.85. The van der Waals surface area contributed by atoms with Gasteiger partial charge in [0, 0.05) is 25.2 Å². The first-order valence-electron chi connectivity index (χ1n) is 7.70. The van der Waals surface area contributed by atoms with Crippen molar-refractivity contribution in [1.82, 2.24) is 10.2 Å². The van der Waals surface area contributed by atoms with E-state index in [0.29, 0.717) is 17.1 Å². The highest BCUT2D eigenvalue weighted by Crippen LogP contribution is 2.37. The Morgan fingerprint density at radius 3 is 2.46 bits per heavy atom. The molecule has 0 spiro atoms. The topological polar surface area (TPSA) is 88.1 Å². The van der Waals surface area contributed by atoms with Crippen molar-refractivity contribution in [3.63, 3.8) is 0 Å². The van der Waals surface area contributed by atoms with E-state index in [2.05, 4.69) is 5.32 Å². The van der Waals surface area contributed by atoms with Crippen LogP contribution in [0.5, 0.6) is 11.5 Å². The molecule has 1 aliphatic heterocycles. The number of nitrogens with zero attached hydrogens (tertiary/aromatic N) is 1. The number of aliphatic carboxylic acids is 1. The van der Waals surface area contributed by atoms with Gasteiger partial charge in [-0.25, -0.2) is 4.79 Å². The summed E-state index contributed by atoms with van der Waals surface area (Å²) in [6.07, 6.45) is -4.69. The van der Waals surface area contributed by atoms with Gasteiger partial charge in [-0.1, -0.05) is 0 Å². The molecular weight excluding hydrogens is 357 g/mol. The molecule has 1 heterocycles. The molecule has 1 aromatic rings. The number of carboxylic acids is 1. The molecule has 2 atom stereocenters. The molecule has 10 heteroatoms. The zero-order valence-corrected chi connectivity index (χ0v) is 14.2. The highest BCUT2D eigenvalue weighted by molar-refractivity contribution is 5.77. The van der Waals surface area contributed by atoms with Crippen molar-refractivity contribution >= 4 is 12.0 Å². The Hall–Kier alpha value is -2.65. The van der Waals surface area contributed by atoms with Gasteiger partial charge in [0.15, 0.2) is 0 Å². The highest BCUT2D eigenvalue weighted by atomic mass is 19.4. The summed E-state index contributed by atoms with van der Waals surface area (Å²) in [6, 6.07) is 4.15. The average molecular weight is 376 g/mol. The lowest BCUT2D eigenvalue weighted by Crippen LogP contribution is -2.39. The Morgan fingerprint density at radius 1 is 1.27 bits per heavy atom. The number of halogens is 3. The monoisotopic (exact) mass is 376 g/mol. The minimum atomic E-state index is -4.69. The predicted molar refractivity (Wildman–Crippen MR) is 84.0 cm³/mol. The number of rotatable bonds is 5. The Bertz CT molecular complexity index is 680. The van der Waals surface area contributed by atoms with E-state index in [9.17, 15) is 22.8 Å². The van der Waals surface area contributed by atoms with E-state index in [1.54, 1.807) is 18.2 Å². The number of carbonyl (C=O) groups excluding carboxylic acids is 1. The van der Waals surface area contributed by atoms with Crippen LogP contribution in [0.3, 0.4) is 0 Å². The van der Waals surface area contributed by atoms with Crippen LogP contribution in [-0.4, -0.2) is 55.5 Å². The van der Waals surface area contributed by atoms with Crippen LogP contribution in [0.25, 0.3) is 0 Å². The van der Waals surface area contributed by atoms with E-state index < -0.39 is 43.1 Å². The first kappa shape index (κ1) is 19.7. The Labute approximate surface area is 147 Å². The molecule has 0 unspecified atom stereocenters. The van der Waals surface area contributed by atoms with Gasteiger partial charge in [-0.3, -0.25) is 4.79 Å². The molecule has 1 fully saturated rings. The molecule has 1 aliphatic rings. The molecule has 2 rings (SSSR count). The number of nitrogens with one attached hydrogen (secondary N) is 1. The quantitative estimate of drug-likeness (QED) is 0.822. The molecule has 2 amide bonds. The summed E-state index contributed by atoms with van der Waals surface area (Å²) >= 11 is 0. The first-order chi connectivity index (χ1) is 12.2. The van der Waals surface area contributed by atoms with Crippen molar-refractivity contribution in [2.24, 2.45) is 11.8 Å². The molecule has 0 aromatic heterocycles. The lowest BCUT2D eigenvalue weighted by Gasteiger charge is -2.19. The summed E-state index contributed by atoms with van der Waals surface area (Å²) < 4.78 is 49.2. The van der Waals surface area contributed by atoms with Crippen LogP contribution in [0.2, 0.25) is 0 Å². The Balaban J connectivity index is 2.06. The number of carbonyl (C=O) groups is 2. The summed E-state index contributed by atoms with van der Waals surface area (Å²) in [5.74, 6) is -4.33. The van der Waals surface area contributed by atoms with Gasteiger partial charge in [0.2, 0.25) is 0 Å². The van der Waals surface area contributed by atoms with Gasteiger partial charge >= 0.3 is 18.2 Å². The van der Waals surface area contributed by atoms with Gasteiger partial charge in [-0.2, -0.15) is 13.2 Å². The molecule has 0 bridgehead atoms. The maximum absolute atomic E-state index is 13.0. The number of benzene rings is 1. The van der Waals surface area contributed by atoms with Crippen LogP contribution in [0.15, 0.2) is 18.2 Å². The number of amides is 2. The van der Waals surface area contributed by atoms with E-state index >= 15 is 0 Å². The fraction of sp³-hybridized carbons (Fsp3) is 0.500. The van der Waals surface area contributed by atoms with Gasteiger partial charge in [0.25, 0.3) is 0 Å². The van der Waals surface area contributed by atoms with Crippen LogP contribution in [-0.2, 0) is 11.3 Å². The molecule has 0 saturated carbocycles. The van der Waals surface area contributed by atoms with Gasteiger partial charge in [0.1, 0.15) is 11.5 Å². The van der Waals surface area contributed by atoms with Gasteiger partial charge in [0.05, 0.1) is 26.1 Å². The van der Waals surface area contributed by atoms with Gasteiger partial charge in [-0.15, -0.1) is 0 Å². The lowest BCUT2D eigenvalue weighted by molar-refractivity contribution is -0.187. The summed E-state index contributed by atoms with van der Waals surface area (Å²) in [5, 5.41) is 11.5. The summed E-state index contributed by atoms with van der Waals surface area (Å²) in [4.78, 5) is 24.1. The van der Waals surface area contributed by atoms with Crippen molar-refractivity contribution in [2.45, 2.75) is 12.7 Å². The second-order valence-corrected chi connectivity index (χ2v) is 5.83. The SMILES string of the molecule is COc1ccc(OC)c(CNC(=O)N2C[C@@H](C(F)(F)F)[C@H](C(=O)O)C2)c1. The number of alkyl halides is 3. The second-order valence-electron chi connectivity index (χ2n) is 5.83. The third-order valence-electron chi connectivity index (χ3n) is 4.26. The predicted octanol–water partition coefficient (Wildman–Crippen LogP) is 2.11. The van der Waals surface area contributed by atoms with Crippen LogP contribution in [0, 0.1) is 11.8 Å². The highest BCUT2D eigenvalue weighted by Gasteiger charge is 2.53. The van der Waals surface area contributed by atoms with Crippen LogP contribution < -0.4 is 14.8 Å².